The fraction of sp³-hybridized carbons (Fsp3) is 0.571. The van der Waals surface area contributed by atoms with Crippen LogP contribution in [0.25, 0.3) is 0 Å². The van der Waals surface area contributed by atoms with Gasteiger partial charge in [-0.2, -0.15) is 0 Å². The van der Waals surface area contributed by atoms with Crippen LogP contribution < -0.4 is 11.1 Å². The normalized spacial score (nSPS) is 25.7. The van der Waals surface area contributed by atoms with E-state index in [-0.39, 0.29) is 24.4 Å². The van der Waals surface area contributed by atoms with Crippen LogP contribution in [0, 0.1) is 12.8 Å². The number of carbonyl (C=O) groups is 3. The Morgan fingerprint density at radius 1 is 0.979 bits per heavy atom. The van der Waals surface area contributed by atoms with E-state index in [9.17, 15) is 14.4 Å². The van der Waals surface area contributed by atoms with E-state index in [0.717, 1.165) is 47.9 Å². The van der Waals surface area contributed by atoms with Crippen LogP contribution in [0.5, 0.6) is 0 Å². The molecule has 1 unspecified atom stereocenters. The summed E-state index contributed by atoms with van der Waals surface area (Å²) in [5, 5.41) is 3.42. The minimum atomic E-state index is -0.980. The number of benzene rings is 2. The van der Waals surface area contributed by atoms with Crippen LogP contribution in [0.4, 0.5) is 21.0 Å². The van der Waals surface area contributed by atoms with Crippen molar-refractivity contribution in [1.82, 2.24) is 24.5 Å². The van der Waals surface area contributed by atoms with Gasteiger partial charge in [0.05, 0.1) is 10.7 Å². The summed E-state index contributed by atoms with van der Waals surface area (Å²) in [6.45, 7) is 9.75. The molecule has 11 nitrogen and oxygen atoms in total. The fourth-order valence-corrected chi connectivity index (χ4v) is 8.53. The van der Waals surface area contributed by atoms with Crippen molar-refractivity contribution in [3.05, 3.63) is 58.1 Å². The Labute approximate surface area is 281 Å². The summed E-state index contributed by atoms with van der Waals surface area (Å²) in [5.74, 6) is 0.578. The highest BCUT2D eigenvalue weighted by Gasteiger charge is 2.40. The monoisotopic (exact) mass is 663 g/mol. The lowest BCUT2D eigenvalue weighted by atomic mass is 9.83. The van der Waals surface area contributed by atoms with Crippen molar-refractivity contribution in [1.29, 1.82) is 0 Å². The highest BCUT2D eigenvalue weighted by molar-refractivity contribution is 6.33. The van der Waals surface area contributed by atoms with Crippen molar-refractivity contribution < 1.29 is 19.1 Å². The third-order valence-electron chi connectivity index (χ3n) is 11.1. The van der Waals surface area contributed by atoms with Crippen molar-refractivity contribution >= 4 is 41.0 Å². The van der Waals surface area contributed by atoms with Crippen LogP contribution in [-0.4, -0.2) is 120 Å². The molecule has 3 N–H and O–H groups in total. The van der Waals surface area contributed by atoms with Crippen molar-refractivity contribution in [3.8, 4) is 0 Å². The number of carbonyl (C=O) groups excluding carboxylic acids is 3. The molecule has 6 aliphatic rings. The standard InChI is InChI=1S/C35H46ClN7O4/c1-23-18-24(19-28(36)32(23)37)20-31(33(44)41-16-14-40(15-17-41)30-22-39-10-6-25(30)7-11-39)47-35(46)42-12-8-27(9-13-42)43-21-26-4-2-3-5-29(26)38-34(43)45/h2-5,18-19,25,27,30-31H,6-17,20-22,37H2,1H3,(H,38,45)/t30?,31-/m1/s1. The number of anilines is 2. The zero-order valence-corrected chi connectivity index (χ0v) is 28.0. The number of rotatable bonds is 6. The number of nitrogens with two attached hydrogens (primary N) is 1. The van der Waals surface area contributed by atoms with E-state index in [0.29, 0.717) is 62.3 Å². The van der Waals surface area contributed by atoms with Gasteiger partial charge in [0.2, 0.25) is 0 Å². The first-order chi connectivity index (χ1) is 22.7. The first-order valence-electron chi connectivity index (χ1n) is 17.1. The summed E-state index contributed by atoms with van der Waals surface area (Å²) in [5.41, 5.74) is 10.2. The number of hydrogen-bond acceptors (Lipinski definition) is 7. The molecule has 8 rings (SSSR count). The van der Waals surface area contributed by atoms with Crippen LogP contribution in [0.2, 0.25) is 5.02 Å². The Morgan fingerprint density at radius 2 is 1.70 bits per heavy atom. The van der Waals surface area contributed by atoms with Crippen molar-refractivity contribution in [2.75, 3.05) is 70.0 Å². The molecular weight excluding hydrogens is 618 g/mol. The van der Waals surface area contributed by atoms with E-state index in [1.807, 2.05) is 47.1 Å². The van der Waals surface area contributed by atoms with Gasteiger partial charge >= 0.3 is 12.1 Å². The molecule has 6 aliphatic heterocycles. The van der Waals surface area contributed by atoms with Gasteiger partial charge in [0.15, 0.2) is 6.10 Å². The average molecular weight is 664 g/mol. The number of amides is 4. The number of urea groups is 1. The summed E-state index contributed by atoms with van der Waals surface area (Å²) in [6, 6.07) is 12.0. The lowest BCUT2D eigenvalue weighted by molar-refractivity contribution is -0.143. The quantitative estimate of drug-likeness (QED) is 0.449. The van der Waals surface area contributed by atoms with E-state index in [1.165, 1.54) is 25.9 Å². The molecule has 2 bridgehead atoms. The smallest absolute Gasteiger partial charge is 0.410 e. The number of piperidine rings is 4. The lowest BCUT2D eigenvalue weighted by Crippen LogP contribution is -2.62. The first kappa shape index (κ1) is 32.0. The van der Waals surface area contributed by atoms with Gasteiger partial charge in [-0.25, -0.2) is 9.59 Å². The van der Waals surface area contributed by atoms with Gasteiger partial charge in [0, 0.05) is 76.5 Å². The number of likely N-dealkylation sites (tertiary alicyclic amines) is 1. The summed E-state index contributed by atoms with van der Waals surface area (Å²) in [4.78, 5) is 51.1. The van der Waals surface area contributed by atoms with E-state index in [2.05, 4.69) is 15.1 Å². The van der Waals surface area contributed by atoms with Gasteiger partial charge in [-0.1, -0.05) is 35.9 Å². The number of fused-ring (bicyclic) bond motifs is 4. The molecule has 252 valence electrons. The molecule has 0 aliphatic carbocycles. The van der Waals surface area contributed by atoms with E-state index < -0.39 is 12.2 Å². The second-order valence-corrected chi connectivity index (χ2v) is 14.3. The molecule has 12 heteroatoms. The van der Waals surface area contributed by atoms with Gasteiger partial charge in [0.25, 0.3) is 5.91 Å². The number of nitrogens with one attached hydrogen (secondary N) is 1. The first-order valence-corrected chi connectivity index (χ1v) is 17.5. The number of nitrogens with zero attached hydrogens (tertiary/aromatic N) is 5. The highest BCUT2D eigenvalue weighted by Crippen LogP contribution is 2.32. The summed E-state index contributed by atoms with van der Waals surface area (Å²) >= 11 is 6.41. The number of halogens is 1. The minimum Gasteiger partial charge on any atom is -0.436 e. The van der Waals surface area contributed by atoms with Gasteiger partial charge < -0.3 is 35.4 Å². The maximum atomic E-state index is 14.1. The molecule has 0 radical (unpaired) electrons. The number of ether oxygens (including phenoxy) is 1. The molecule has 5 fully saturated rings. The Balaban J connectivity index is 0.993. The number of hydrogen-bond donors (Lipinski definition) is 2. The average Bonchev–Trinajstić information content (AvgIpc) is 3.10. The van der Waals surface area contributed by atoms with Gasteiger partial charge in [-0.3, -0.25) is 9.69 Å². The highest BCUT2D eigenvalue weighted by atomic mass is 35.5. The summed E-state index contributed by atoms with van der Waals surface area (Å²) in [7, 11) is 0. The maximum Gasteiger partial charge on any atom is 0.410 e. The van der Waals surface area contributed by atoms with Crippen molar-refractivity contribution in [3.63, 3.8) is 0 Å². The van der Waals surface area contributed by atoms with Crippen LogP contribution in [0.3, 0.4) is 0 Å². The third kappa shape index (κ3) is 6.75. The Bertz CT molecular complexity index is 1480. The second-order valence-electron chi connectivity index (χ2n) is 13.9. The predicted molar refractivity (Wildman–Crippen MR) is 181 cm³/mol. The number of piperazine rings is 1. The molecule has 6 heterocycles. The molecular formula is C35H46ClN7O4. The van der Waals surface area contributed by atoms with Crippen molar-refractivity contribution in [2.45, 2.75) is 63.8 Å². The zero-order valence-electron chi connectivity index (χ0n) is 27.2. The molecule has 2 aromatic carbocycles. The molecule has 4 amide bonds. The third-order valence-corrected chi connectivity index (χ3v) is 11.4. The Kier molecular flexibility index (Phi) is 9.22. The van der Waals surface area contributed by atoms with Gasteiger partial charge in [-0.05, 0) is 80.4 Å². The lowest BCUT2D eigenvalue weighted by Gasteiger charge is -2.51. The maximum absolute atomic E-state index is 14.1. The van der Waals surface area contributed by atoms with E-state index in [4.69, 9.17) is 22.1 Å². The Morgan fingerprint density at radius 3 is 2.38 bits per heavy atom. The number of aryl methyl sites for hydroxylation is 1. The summed E-state index contributed by atoms with van der Waals surface area (Å²) < 4.78 is 6.06. The molecule has 0 aromatic heterocycles. The molecule has 2 aromatic rings. The number of para-hydroxylation sites is 1. The SMILES string of the molecule is Cc1cc(C[C@@H](OC(=O)N2CCC(N3Cc4ccccc4NC3=O)CC2)C(=O)N2CCN(C3CN4CCC3CC4)CC2)cc(Cl)c1N. The van der Waals surface area contributed by atoms with E-state index in [1.54, 1.807) is 11.0 Å². The second kappa shape index (κ2) is 13.5. The Hall–Kier alpha value is -3.54. The minimum absolute atomic E-state index is 0.0113. The van der Waals surface area contributed by atoms with Crippen molar-refractivity contribution in [2.24, 2.45) is 5.92 Å². The topological polar surface area (TPSA) is 115 Å². The van der Waals surface area contributed by atoms with Crippen LogP contribution >= 0.6 is 11.6 Å². The van der Waals surface area contributed by atoms with Gasteiger partial charge in [-0.15, -0.1) is 0 Å². The fourth-order valence-electron chi connectivity index (χ4n) is 8.24. The predicted octanol–water partition coefficient (Wildman–Crippen LogP) is 4.03. The molecule has 47 heavy (non-hydrogen) atoms. The number of nitrogen functional groups attached to an aromatic ring is 1. The molecule has 2 atom stereocenters. The van der Waals surface area contributed by atoms with Crippen LogP contribution in [0.1, 0.15) is 42.4 Å². The molecule has 0 saturated carbocycles. The molecule has 0 spiro atoms. The van der Waals surface area contributed by atoms with Gasteiger partial charge in [0.1, 0.15) is 0 Å². The largest absolute Gasteiger partial charge is 0.436 e. The van der Waals surface area contributed by atoms with Crippen LogP contribution in [0.15, 0.2) is 36.4 Å². The van der Waals surface area contributed by atoms with Crippen LogP contribution in [-0.2, 0) is 22.5 Å². The molecule has 5 saturated heterocycles. The van der Waals surface area contributed by atoms with E-state index >= 15 is 0 Å². The zero-order chi connectivity index (χ0) is 32.7. The summed E-state index contributed by atoms with van der Waals surface area (Å²) in [6.07, 6.45) is 2.54.